The van der Waals surface area contributed by atoms with Crippen molar-refractivity contribution in [2.24, 2.45) is 0 Å². The predicted octanol–water partition coefficient (Wildman–Crippen LogP) is 4.00. The highest BCUT2D eigenvalue weighted by Gasteiger charge is 2.12. The van der Waals surface area contributed by atoms with E-state index in [9.17, 15) is 9.59 Å². The van der Waals surface area contributed by atoms with E-state index in [2.05, 4.69) is 31.4 Å². The minimum atomic E-state index is -0.195. The summed E-state index contributed by atoms with van der Waals surface area (Å²) in [7, 11) is 1.59. The molecule has 0 aliphatic heterocycles. The molecule has 0 aliphatic carbocycles. The van der Waals surface area contributed by atoms with Crippen LogP contribution in [0.15, 0.2) is 54.6 Å². The van der Waals surface area contributed by atoms with Gasteiger partial charge in [0.2, 0.25) is 5.91 Å². The minimum absolute atomic E-state index is 0.0866. The van der Waals surface area contributed by atoms with E-state index >= 15 is 0 Å². The highest BCUT2D eigenvalue weighted by molar-refractivity contribution is 6.02. The molecule has 2 N–H and O–H groups in total. The summed E-state index contributed by atoms with van der Waals surface area (Å²) in [5.74, 6) is -0.328. The Morgan fingerprint density at radius 3 is 2.04 bits per heavy atom. The minimum Gasteiger partial charge on any atom is -0.355 e. The van der Waals surface area contributed by atoms with Gasteiger partial charge in [0.15, 0.2) is 0 Å². The summed E-state index contributed by atoms with van der Waals surface area (Å²) < 4.78 is 0. The molecule has 2 aromatic carbocycles. The van der Waals surface area contributed by atoms with Crippen LogP contribution < -0.4 is 10.6 Å². The van der Waals surface area contributed by atoms with Gasteiger partial charge >= 0.3 is 0 Å². The molecule has 0 saturated heterocycles. The van der Waals surface area contributed by atoms with Crippen LogP contribution in [0.2, 0.25) is 0 Å². The molecule has 4 heteroatoms. The number of carbonyl (C=O) groups excluding carboxylic acids is 2. The van der Waals surface area contributed by atoms with Gasteiger partial charge in [0.25, 0.3) is 5.91 Å². The normalized spacial score (nSPS) is 11.4. The summed E-state index contributed by atoms with van der Waals surface area (Å²) in [5.41, 5.74) is 3.51. The molecule has 25 heavy (non-hydrogen) atoms. The molecule has 0 unspecified atom stereocenters. The highest BCUT2D eigenvalue weighted by Crippen LogP contribution is 2.23. The maximum atomic E-state index is 12.0. The van der Waals surface area contributed by atoms with Crippen molar-refractivity contribution in [1.29, 1.82) is 0 Å². The zero-order chi connectivity index (χ0) is 18.4. The zero-order valence-electron chi connectivity index (χ0n) is 15.1. The molecule has 2 rings (SSSR count). The number of hydrogen-bond acceptors (Lipinski definition) is 2. The molecule has 0 radical (unpaired) electrons. The molecule has 130 valence electrons. The first-order valence-corrected chi connectivity index (χ1v) is 8.21. The second-order valence-electron chi connectivity index (χ2n) is 6.85. The average Bonchev–Trinajstić information content (AvgIpc) is 2.59. The molecule has 0 heterocycles. The van der Waals surface area contributed by atoms with E-state index in [4.69, 9.17) is 0 Å². The van der Waals surface area contributed by atoms with Crippen molar-refractivity contribution in [2.75, 3.05) is 12.4 Å². The van der Waals surface area contributed by atoms with E-state index in [1.165, 1.54) is 11.6 Å². The molecule has 0 atom stereocenters. The topological polar surface area (TPSA) is 58.2 Å². The van der Waals surface area contributed by atoms with Gasteiger partial charge in [0, 0.05) is 24.4 Å². The Bertz CT molecular complexity index is 767. The first kappa shape index (κ1) is 18.5. The molecular formula is C21H24N2O2. The molecule has 4 nitrogen and oxygen atoms in total. The fourth-order valence-electron chi connectivity index (χ4n) is 2.30. The van der Waals surface area contributed by atoms with Crippen molar-refractivity contribution in [1.82, 2.24) is 5.32 Å². The first-order chi connectivity index (χ1) is 11.8. The van der Waals surface area contributed by atoms with Crippen molar-refractivity contribution < 1.29 is 9.59 Å². The molecule has 0 bridgehead atoms. The van der Waals surface area contributed by atoms with Gasteiger partial charge in [-0.3, -0.25) is 9.59 Å². The lowest BCUT2D eigenvalue weighted by Gasteiger charge is -2.19. The third-order valence-corrected chi connectivity index (χ3v) is 3.85. The smallest absolute Gasteiger partial charge is 0.251 e. The molecule has 0 aliphatic rings. The number of anilines is 1. The van der Waals surface area contributed by atoms with Crippen LogP contribution in [0.5, 0.6) is 0 Å². The second-order valence-corrected chi connectivity index (χ2v) is 6.85. The van der Waals surface area contributed by atoms with Gasteiger partial charge in [0.1, 0.15) is 0 Å². The van der Waals surface area contributed by atoms with Gasteiger partial charge in [0.05, 0.1) is 0 Å². The second kappa shape index (κ2) is 7.79. The van der Waals surface area contributed by atoms with Crippen LogP contribution in [0.25, 0.3) is 6.08 Å². The van der Waals surface area contributed by atoms with Crippen molar-refractivity contribution in [3.8, 4) is 0 Å². The molecule has 2 aromatic rings. The van der Waals surface area contributed by atoms with Crippen molar-refractivity contribution in [3.63, 3.8) is 0 Å². The lowest BCUT2D eigenvalue weighted by Crippen LogP contribution is -2.17. The van der Waals surface area contributed by atoms with Crippen LogP contribution in [0, 0.1) is 0 Å². The van der Waals surface area contributed by atoms with E-state index in [1.54, 1.807) is 37.4 Å². The van der Waals surface area contributed by atoms with Crippen LogP contribution in [-0.4, -0.2) is 18.9 Å². The largest absolute Gasteiger partial charge is 0.355 e. The molecular weight excluding hydrogens is 312 g/mol. The Kier molecular flexibility index (Phi) is 5.75. The lowest BCUT2D eigenvalue weighted by atomic mass is 9.87. The molecule has 0 spiro atoms. The average molecular weight is 336 g/mol. The number of benzene rings is 2. The summed E-state index contributed by atoms with van der Waals surface area (Å²) in [6.07, 6.45) is 3.19. The van der Waals surface area contributed by atoms with Crippen LogP contribution in [-0.2, 0) is 10.2 Å². The number of amides is 2. The maximum Gasteiger partial charge on any atom is 0.251 e. The van der Waals surface area contributed by atoms with E-state index in [-0.39, 0.29) is 17.2 Å². The quantitative estimate of drug-likeness (QED) is 0.829. The summed E-state index contributed by atoms with van der Waals surface area (Å²) in [5, 5.41) is 5.41. The zero-order valence-corrected chi connectivity index (χ0v) is 15.1. The van der Waals surface area contributed by atoms with Gasteiger partial charge in [-0.15, -0.1) is 0 Å². The number of rotatable bonds is 4. The molecule has 0 aromatic heterocycles. The van der Waals surface area contributed by atoms with Crippen molar-refractivity contribution >= 4 is 23.6 Å². The van der Waals surface area contributed by atoms with Crippen molar-refractivity contribution in [3.05, 3.63) is 71.3 Å². The van der Waals surface area contributed by atoms with Crippen LogP contribution in [0.1, 0.15) is 42.3 Å². The fourth-order valence-corrected chi connectivity index (χ4v) is 2.30. The Morgan fingerprint density at radius 1 is 0.920 bits per heavy atom. The lowest BCUT2D eigenvalue weighted by molar-refractivity contribution is -0.111. The van der Waals surface area contributed by atoms with Crippen LogP contribution >= 0.6 is 0 Å². The van der Waals surface area contributed by atoms with Gasteiger partial charge in [-0.05, 0) is 46.9 Å². The van der Waals surface area contributed by atoms with Gasteiger partial charge in [-0.25, -0.2) is 0 Å². The van der Waals surface area contributed by atoms with Crippen molar-refractivity contribution in [2.45, 2.75) is 26.2 Å². The van der Waals surface area contributed by atoms with Crippen LogP contribution in [0.4, 0.5) is 5.69 Å². The third kappa shape index (κ3) is 5.31. The molecule has 2 amide bonds. The number of nitrogens with one attached hydrogen (secondary N) is 2. The van der Waals surface area contributed by atoms with E-state index < -0.39 is 0 Å². The molecule has 0 saturated carbocycles. The van der Waals surface area contributed by atoms with Crippen LogP contribution in [0.3, 0.4) is 0 Å². The SMILES string of the molecule is CNC(=O)c1ccc(/C=C/C(=O)Nc2ccc(C(C)(C)C)cc2)cc1. The van der Waals surface area contributed by atoms with E-state index in [0.29, 0.717) is 5.56 Å². The Morgan fingerprint density at radius 2 is 1.52 bits per heavy atom. The Balaban J connectivity index is 1.97. The summed E-state index contributed by atoms with van der Waals surface area (Å²) in [6, 6.07) is 14.9. The van der Waals surface area contributed by atoms with Gasteiger partial charge in [-0.2, -0.15) is 0 Å². The third-order valence-electron chi connectivity index (χ3n) is 3.85. The Labute approximate surface area is 149 Å². The van der Waals surface area contributed by atoms with Gasteiger partial charge in [-0.1, -0.05) is 45.0 Å². The predicted molar refractivity (Wildman–Crippen MR) is 103 cm³/mol. The number of hydrogen-bond donors (Lipinski definition) is 2. The van der Waals surface area contributed by atoms with E-state index in [1.807, 2.05) is 24.3 Å². The van der Waals surface area contributed by atoms with Gasteiger partial charge < -0.3 is 10.6 Å². The maximum absolute atomic E-state index is 12.0. The summed E-state index contributed by atoms with van der Waals surface area (Å²) >= 11 is 0. The monoisotopic (exact) mass is 336 g/mol. The summed E-state index contributed by atoms with van der Waals surface area (Å²) in [4.78, 5) is 23.5. The summed E-state index contributed by atoms with van der Waals surface area (Å²) in [6.45, 7) is 6.45. The first-order valence-electron chi connectivity index (χ1n) is 8.21. The standard InChI is InChI=1S/C21H24N2O2/c1-21(2,3)17-10-12-18(13-11-17)23-19(24)14-7-15-5-8-16(9-6-15)20(25)22-4/h5-14H,1-4H3,(H,22,25)(H,23,24)/b14-7+. The molecule has 0 fully saturated rings. The fraction of sp³-hybridized carbons (Fsp3) is 0.238. The Hall–Kier alpha value is -2.88. The number of carbonyl (C=O) groups is 2. The highest BCUT2D eigenvalue weighted by atomic mass is 16.2. The van der Waals surface area contributed by atoms with E-state index in [0.717, 1.165) is 11.3 Å².